The van der Waals surface area contributed by atoms with Crippen LogP contribution in [0.5, 0.6) is 0 Å². The minimum atomic E-state index is -1.36. The molecule has 2 N–H and O–H groups in total. The van der Waals surface area contributed by atoms with Crippen molar-refractivity contribution in [3.8, 4) is 0 Å². The normalized spacial score (nSPS) is 16.1. The van der Waals surface area contributed by atoms with Gasteiger partial charge in [-0.05, 0) is 29.7 Å². The number of hydrogen-bond donors (Lipinski definition) is 2. The standard InChI is InChI=1S/C34H30N4O6/c1-22(20-29(39)38-28(21-44-34(38)43)23-12-4-2-5-13-23)30(33(41)42)37-31(24-14-6-3-7-15-24)25-16-8-9-17-26(25)36-32(40)27-18-10-11-19-35-27/h2-19,22,28,30H,20-21H2,1H3,(H,36,40)(H,41,42). The van der Waals surface area contributed by atoms with Crippen LogP contribution in [0.1, 0.15) is 46.6 Å². The average molecular weight is 591 g/mol. The molecule has 10 heteroatoms. The molecule has 1 saturated heterocycles. The summed E-state index contributed by atoms with van der Waals surface area (Å²) >= 11 is 0. The van der Waals surface area contributed by atoms with Crippen molar-refractivity contribution in [2.75, 3.05) is 11.9 Å². The van der Waals surface area contributed by atoms with Gasteiger partial charge in [-0.2, -0.15) is 0 Å². The van der Waals surface area contributed by atoms with Crippen LogP contribution >= 0.6 is 0 Å². The van der Waals surface area contributed by atoms with Crippen molar-refractivity contribution in [3.63, 3.8) is 0 Å². The molecule has 1 aliphatic heterocycles. The molecule has 3 amide bonds. The molecule has 0 saturated carbocycles. The smallest absolute Gasteiger partial charge is 0.417 e. The van der Waals surface area contributed by atoms with Crippen LogP contribution in [0.25, 0.3) is 0 Å². The van der Waals surface area contributed by atoms with Crippen LogP contribution in [0.15, 0.2) is 114 Å². The lowest BCUT2D eigenvalue weighted by Gasteiger charge is -2.24. The predicted molar refractivity (Wildman–Crippen MR) is 163 cm³/mol. The molecule has 0 radical (unpaired) electrons. The first-order valence-electron chi connectivity index (χ1n) is 14.0. The highest BCUT2D eigenvalue weighted by atomic mass is 16.6. The molecule has 44 heavy (non-hydrogen) atoms. The number of para-hydroxylation sites is 1. The van der Waals surface area contributed by atoms with Crippen LogP contribution in [-0.4, -0.2) is 57.2 Å². The third kappa shape index (κ3) is 6.70. The lowest BCUT2D eigenvalue weighted by molar-refractivity contribution is -0.140. The molecule has 222 valence electrons. The first-order valence-corrected chi connectivity index (χ1v) is 14.0. The van der Waals surface area contributed by atoms with Crippen LogP contribution in [0.2, 0.25) is 0 Å². The van der Waals surface area contributed by atoms with Crippen LogP contribution in [-0.2, 0) is 14.3 Å². The molecule has 1 fully saturated rings. The van der Waals surface area contributed by atoms with Gasteiger partial charge in [0.1, 0.15) is 18.3 Å². The second-order valence-corrected chi connectivity index (χ2v) is 10.3. The number of benzene rings is 3. The third-order valence-electron chi connectivity index (χ3n) is 7.26. The monoisotopic (exact) mass is 590 g/mol. The molecule has 5 rings (SSSR count). The highest BCUT2D eigenvalue weighted by Gasteiger charge is 2.40. The second-order valence-electron chi connectivity index (χ2n) is 10.3. The van der Waals surface area contributed by atoms with E-state index in [1.165, 1.54) is 6.20 Å². The van der Waals surface area contributed by atoms with E-state index in [0.29, 0.717) is 22.5 Å². The van der Waals surface area contributed by atoms with Gasteiger partial charge in [-0.1, -0.05) is 91.9 Å². The van der Waals surface area contributed by atoms with Gasteiger partial charge in [-0.15, -0.1) is 0 Å². The largest absolute Gasteiger partial charge is 0.480 e. The topological polar surface area (TPSA) is 138 Å². The number of carbonyl (C=O) groups is 4. The molecule has 3 unspecified atom stereocenters. The summed E-state index contributed by atoms with van der Waals surface area (Å²) in [6, 6.07) is 28.0. The van der Waals surface area contributed by atoms with Gasteiger partial charge in [-0.25, -0.2) is 14.5 Å². The lowest BCUT2D eigenvalue weighted by Crippen LogP contribution is -2.38. The zero-order valence-electron chi connectivity index (χ0n) is 23.9. The van der Waals surface area contributed by atoms with Crippen LogP contribution in [0, 0.1) is 5.92 Å². The molecule has 0 bridgehead atoms. The number of cyclic esters (lactones) is 1. The number of amides is 3. The molecule has 1 aliphatic rings. The van der Waals surface area contributed by atoms with Crippen molar-refractivity contribution < 1.29 is 29.0 Å². The fourth-order valence-corrected chi connectivity index (χ4v) is 5.05. The molecular weight excluding hydrogens is 560 g/mol. The Morgan fingerprint density at radius 1 is 0.955 bits per heavy atom. The Bertz CT molecular complexity index is 1680. The summed E-state index contributed by atoms with van der Waals surface area (Å²) in [4.78, 5) is 61.5. The fraction of sp³-hybridized carbons (Fsp3) is 0.176. The first kappa shape index (κ1) is 29.8. The summed E-state index contributed by atoms with van der Waals surface area (Å²) < 4.78 is 5.18. The lowest BCUT2D eigenvalue weighted by atomic mass is 9.95. The molecule has 3 atom stereocenters. The van der Waals surface area contributed by atoms with Gasteiger partial charge in [0, 0.05) is 23.7 Å². The number of carbonyl (C=O) groups excluding carboxylic acids is 3. The number of aromatic nitrogens is 1. The maximum atomic E-state index is 13.4. The number of rotatable bonds is 10. The van der Waals surface area contributed by atoms with E-state index in [1.54, 1.807) is 97.9 Å². The zero-order valence-corrected chi connectivity index (χ0v) is 23.9. The van der Waals surface area contributed by atoms with Crippen molar-refractivity contribution in [3.05, 3.63) is 132 Å². The van der Waals surface area contributed by atoms with Gasteiger partial charge in [0.2, 0.25) is 5.91 Å². The highest BCUT2D eigenvalue weighted by Crippen LogP contribution is 2.30. The van der Waals surface area contributed by atoms with Gasteiger partial charge in [0.05, 0.1) is 11.4 Å². The Morgan fingerprint density at radius 2 is 1.61 bits per heavy atom. The number of carboxylic acids is 1. The van der Waals surface area contributed by atoms with Gasteiger partial charge in [-0.3, -0.25) is 19.6 Å². The predicted octanol–water partition coefficient (Wildman–Crippen LogP) is 5.37. The first-order chi connectivity index (χ1) is 21.3. The van der Waals surface area contributed by atoms with Gasteiger partial charge >= 0.3 is 12.1 Å². The summed E-state index contributed by atoms with van der Waals surface area (Å²) in [5.41, 5.74) is 2.78. The van der Waals surface area contributed by atoms with E-state index in [2.05, 4.69) is 10.3 Å². The summed E-state index contributed by atoms with van der Waals surface area (Å²) in [6.07, 6.45) is 0.481. The van der Waals surface area contributed by atoms with E-state index in [1.807, 2.05) is 12.1 Å². The van der Waals surface area contributed by atoms with Gasteiger partial charge in [0.15, 0.2) is 6.04 Å². The molecule has 1 aromatic heterocycles. The SMILES string of the molecule is CC(CC(=O)N1C(=O)OCC1c1ccccc1)C(N=C(c1ccccc1)c1ccccc1NC(=O)c1ccccn1)C(=O)O. The van der Waals surface area contributed by atoms with E-state index in [-0.39, 0.29) is 18.7 Å². The third-order valence-corrected chi connectivity index (χ3v) is 7.26. The maximum absolute atomic E-state index is 13.4. The van der Waals surface area contributed by atoms with Crippen molar-refractivity contribution in [1.29, 1.82) is 0 Å². The number of pyridine rings is 1. The van der Waals surface area contributed by atoms with Gasteiger partial charge < -0.3 is 15.2 Å². The Labute approximate surface area is 254 Å². The summed E-state index contributed by atoms with van der Waals surface area (Å²) in [6.45, 7) is 1.62. The van der Waals surface area contributed by atoms with Crippen LogP contribution in [0.3, 0.4) is 0 Å². The van der Waals surface area contributed by atoms with E-state index in [4.69, 9.17) is 9.73 Å². The maximum Gasteiger partial charge on any atom is 0.417 e. The molecule has 2 heterocycles. The Morgan fingerprint density at radius 3 is 2.30 bits per heavy atom. The Balaban J connectivity index is 1.47. The minimum absolute atomic E-state index is 0.0165. The fourth-order valence-electron chi connectivity index (χ4n) is 5.05. The average Bonchev–Trinajstić information content (AvgIpc) is 3.44. The van der Waals surface area contributed by atoms with Crippen molar-refractivity contribution in [2.24, 2.45) is 10.9 Å². The van der Waals surface area contributed by atoms with Crippen molar-refractivity contribution in [1.82, 2.24) is 9.88 Å². The number of anilines is 1. The van der Waals surface area contributed by atoms with E-state index >= 15 is 0 Å². The van der Waals surface area contributed by atoms with Crippen LogP contribution < -0.4 is 5.32 Å². The van der Waals surface area contributed by atoms with Gasteiger partial charge in [0.25, 0.3) is 5.91 Å². The number of carboxylic acid groups (broad SMARTS) is 1. The molecule has 3 aromatic carbocycles. The Hall–Kier alpha value is -5.64. The van der Waals surface area contributed by atoms with Crippen LogP contribution in [0.4, 0.5) is 10.5 Å². The number of aliphatic carboxylic acids is 1. The van der Waals surface area contributed by atoms with Crippen molar-refractivity contribution in [2.45, 2.75) is 25.4 Å². The molecule has 10 nitrogen and oxygen atoms in total. The highest BCUT2D eigenvalue weighted by molar-refractivity contribution is 6.18. The molecule has 4 aromatic rings. The Kier molecular flexibility index (Phi) is 9.19. The molecule has 0 aliphatic carbocycles. The number of aliphatic imine (C=N–C) groups is 1. The summed E-state index contributed by atoms with van der Waals surface area (Å²) in [7, 11) is 0. The summed E-state index contributed by atoms with van der Waals surface area (Å²) in [5, 5.41) is 13.2. The molecule has 0 spiro atoms. The molecular formula is C34H30N4O6. The minimum Gasteiger partial charge on any atom is -0.480 e. The van der Waals surface area contributed by atoms with E-state index in [0.717, 1.165) is 10.5 Å². The van der Waals surface area contributed by atoms with E-state index < -0.39 is 41.9 Å². The number of imide groups is 1. The zero-order chi connectivity index (χ0) is 31.1. The van der Waals surface area contributed by atoms with Crippen molar-refractivity contribution >= 4 is 35.3 Å². The number of hydrogen-bond acceptors (Lipinski definition) is 7. The quantitative estimate of drug-likeness (QED) is 0.237. The number of nitrogens with zero attached hydrogens (tertiary/aromatic N) is 3. The van der Waals surface area contributed by atoms with E-state index in [9.17, 15) is 24.3 Å². The second kappa shape index (κ2) is 13.6. The number of ether oxygens (including phenoxy) is 1. The number of nitrogens with one attached hydrogen (secondary N) is 1. The summed E-state index contributed by atoms with van der Waals surface area (Å²) in [5.74, 6) is -3.04.